The average molecular weight is 465 g/mol. The highest BCUT2D eigenvalue weighted by molar-refractivity contribution is 7.16. The van der Waals surface area contributed by atoms with Crippen LogP contribution in [0.15, 0.2) is 47.1 Å². The van der Waals surface area contributed by atoms with Crippen LogP contribution in [0.2, 0.25) is 0 Å². The van der Waals surface area contributed by atoms with Gasteiger partial charge in [0.1, 0.15) is 5.00 Å². The Kier molecular flexibility index (Phi) is 6.67. The largest absolute Gasteiger partial charge is 0.459 e. The fourth-order valence-corrected chi connectivity index (χ4v) is 6.32. The van der Waals surface area contributed by atoms with Crippen molar-refractivity contribution < 1.29 is 13.9 Å². The van der Waals surface area contributed by atoms with Gasteiger partial charge in [-0.1, -0.05) is 38.1 Å². The van der Waals surface area contributed by atoms with E-state index < -0.39 is 0 Å². The zero-order chi connectivity index (χ0) is 22.8. The van der Waals surface area contributed by atoms with Crippen molar-refractivity contribution in [2.24, 2.45) is 0 Å². The molecule has 2 aliphatic rings. The summed E-state index contributed by atoms with van der Waals surface area (Å²) in [5.74, 6) is 0.658. The van der Waals surface area contributed by atoms with Crippen molar-refractivity contribution in [2.75, 3.05) is 31.6 Å². The molecule has 6 heteroatoms. The standard InChI is InChI=1S/C27H32N2O3S/c1-18(2)19-9-11-20(12-10-19)25(29-13-16-31-17-14-29)24-21-6-3-4-8-23(21)33-27(24)28-26(30)22-7-5-15-32-22/h5,7,9-12,15,18,25H,3-4,6,8,13-14,16-17H2,1-2H3,(H,28,30). The van der Waals surface area contributed by atoms with Gasteiger partial charge in [-0.3, -0.25) is 9.69 Å². The van der Waals surface area contributed by atoms with Crippen LogP contribution in [0.3, 0.4) is 0 Å². The number of nitrogens with zero attached hydrogens (tertiary/aromatic N) is 1. The lowest BCUT2D eigenvalue weighted by molar-refractivity contribution is 0.0239. The van der Waals surface area contributed by atoms with Crippen molar-refractivity contribution in [3.8, 4) is 0 Å². The van der Waals surface area contributed by atoms with Gasteiger partial charge in [0, 0.05) is 23.5 Å². The molecule has 0 spiro atoms. The molecule has 33 heavy (non-hydrogen) atoms. The number of ether oxygens (including phenoxy) is 1. The maximum atomic E-state index is 13.0. The van der Waals surface area contributed by atoms with Crippen molar-refractivity contribution in [2.45, 2.75) is 51.5 Å². The van der Waals surface area contributed by atoms with Crippen molar-refractivity contribution in [1.82, 2.24) is 4.90 Å². The second-order valence-electron chi connectivity index (χ2n) is 9.26. The molecule has 1 amide bonds. The normalized spacial score (nSPS) is 17.7. The molecule has 5 rings (SSSR count). The Balaban J connectivity index is 1.59. The minimum atomic E-state index is -0.185. The molecule has 5 nitrogen and oxygen atoms in total. The minimum Gasteiger partial charge on any atom is -0.459 e. The van der Waals surface area contributed by atoms with Crippen LogP contribution >= 0.6 is 11.3 Å². The van der Waals surface area contributed by atoms with Gasteiger partial charge in [0.25, 0.3) is 5.91 Å². The summed E-state index contributed by atoms with van der Waals surface area (Å²) in [7, 11) is 0. The summed E-state index contributed by atoms with van der Waals surface area (Å²) in [4.78, 5) is 16.9. The molecule has 174 valence electrons. The van der Waals surface area contributed by atoms with Crippen LogP contribution in [-0.2, 0) is 17.6 Å². The number of fused-ring (bicyclic) bond motifs is 1. The van der Waals surface area contributed by atoms with E-state index in [4.69, 9.17) is 9.15 Å². The van der Waals surface area contributed by atoms with E-state index in [0.717, 1.165) is 44.1 Å². The quantitative estimate of drug-likeness (QED) is 0.485. The minimum absolute atomic E-state index is 0.0973. The molecule has 1 unspecified atom stereocenters. The van der Waals surface area contributed by atoms with Crippen molar-refractivity contribution in [3.05, 3.63) is 75.6 Å². The number of carbonyl (C=O) groups excluding carboxylic acids is 1. The van der Waals surface area contributed by atoms with E-state index in [-0.39, 0.29) is 11.9 Å². The Morgan fingerprint density at radius 2 is 1.76 bits per heavy atom. The first-order valence-electron chi connectivity index (χ1n) is 12.0. The number of morpholine rings is 1. The van der Waals surface area contributed by atoms with Gasteiger partial charge in [-0.25, -0.2) is 0 Å². The number of nitrogens with one attached hydrogen (secondary N) is 1. The molecule has 1 aliphatic heterocycles. The van der Waals surface area contributed by atoms with E-state index in [9.17, 15) is 4.79 Å². The highest BCUT2D eigenvalue weighted by Gasteiger charge is 2.33. The lowest BCUT2D eigenvalue weighted by Gasteiger charge is -2.36. The van der Waals surface area contributed by atoms with E-state index in [2.05, 4.69) is 48.3 Å². The van der Waals surface area contributed by atoms with Gasteiger partial charge in [0.05, 0.1) is 25.5 Å². The Hall–Kier alpha value is -2.41. The van der Waals surface area contributed by atoms with Crippen LogP contribution < -0.4 is 5.32 Å². The lowest BCUT2D eigenvalue weighted by atomic mass is 9.88. The summed E-state index contributed by atoms with van der Waals surface area (Å²) in [6, 6.07) is 12.6. The topological polar surface area (TPSA) is 54.7 Å². The third kappa shape index (κ3) is 4.65. The predicted octanol–water partition coefficient (Wildman–Crippen LogP) is 6.02. The highest BCUT2D eigenvalue weighted by atomic mass is 32.1. The van der Waals surface area contributed by atoms with Gasteiger partial charge in [-0.2, -0.15) is 0 Å². The molecule has 1 fully saturated rings. The molecule has 1 N–H and O–H groups in total. The van der Waals surface area contributed by atoms with Crippen molar-refractivity contribution in [1.29, 1.82) is 0 Å². The van der Waals surface area contributed by atoms with E-state index in [1.165, 1.54) is 40.0 Å². The molecular weight excluding hydrogens is 432 g/mol. The average Bonchev–Trinajstić information content (AvgIpc) is 3.49. The number of rotatable bonds is 6. The number of hydrogen-bond acceptors (Lipinski definition) is 5. The number of anilines is 1. The fraction of sp³-hybridized carbons (Fsp3) is 0.444. The maximum absolute atomic E-state index is 13.0. The first-order chi connectivity index (χ1) is 16.1. The molecule has 3 heterocycles. The fourth-order valence-electron chi connectivity index (χ4n) is 5.00. The van der Waals surface area contributed by atoms with E-state index in [0.29, 0.717) is 11.7 Å². The molecule has 2 aromatic heterocycles. The lowest BCUT2D eigenvalue weighted by Crippen LogP contribution is -2.40. The monoisotopic (exact) mass is 464 g/mol. The molecule has 0 saturated carbocycles. The maximum Gasteiger partial charge on any atom is 0.291 e. The molecule has 1 atom stereocenters. The number of amides is 1. The zero-order valence-corrected chi connectivity index (χ0v) is 20.2. The number of hydrogen-bond donors (Lipinski definition) is 1. The first kappa shape index (κ1) is 22.4. The molecule has 1 aromatic carbocycles. The van der Waals surface area contributed by atoms with E-state index in [1.807, 2.05) is 0 Å². The zero-order valence-electron chi connectivity index (χ0n) is 19.4. The van der Waals surface area contributed by atoms with Gasteiger partial charge in [0.15, 0.2) is 5.76 Å². The summed E-state index contributed by atoms with van der Waals surface area (Å²) in [5, 5.41) is 4.18. The predicted molar refractivity (Wildman–Crippen MR) is 132 cm³/mol. The second-order valence-corrected chi connectivity index (χ2v) is 10.4. The van der Waals surface area contributed by atoms with Crippen LogP contribution in [0.1, 0.15) is 76.3 Å². The van der Waals surface area contributed by atoms with Crippen LogP contribution in [-0.4, -0.2) is 37.1 Å². The molecular formula is C27H32N2O3S. The van der Waals surface area contributed by atoms with Gasteiger partial charge in [-0.05, 0) is 60.4 Å². The van der Waals surface area contributed by atoms with Crippen LogP contribution in [0.5, 0.6) is 0 Å². The van der Waals surface area contributed by atoms with Gasteiger partial charge < -0.3 is 14.5 Å². The number of thiophene rings is 1. The van der Waals surface area contributed by atoms with E-state index >= 15 is 0 Å². The highest BCUT2D eigenvalue weighted by Crippen LogP contribution is 2.45. The third-order valence-corrected chi connectivity index (χ3v) is 8.01. The summed E-state index contributed by atoms with van der Waals surface area (Å²) in [5.41, 5.74) is 5.33. The van der Waals surface area contributed by atoms with Crippen LogP contribution in [0.25, 0.3) is 0 Å². The molecule has 3 aromatic rings. The Morgan fingerprint density at radius 1 is 1.03 bits per heavy atom. The SMILES string of the molecule is CC(C)c1ccc(C(c2c(NC(=O)c3ccco3)sc3c2CCCC3)N2CCOCC2)cc1. The molecule has 1 aliphatic carbocycles. The Labute approximate surface area is 199 Å². The smallest absolute Gasteiger partial charge is 0.291 e. The Morgan fingerprint density at radius 3 is 2.45 bits per heavy atom. The number of benzene rings is 1. The second kappa shape index (κ2) is 9.84. The van der Waals surface area contributed by atoms with Crippen molar-refractivity contribution >= 4 is 22.2 Å². The molecule has 0 radical (unpaired) electrons. The van der Waals surface area contributed by atoms with Gasteiger partial charge in [-0.15, -0.1) is 11.3 Å². The van der Waals surface area contributed by atoms with Crippen molar-refractivity contribution in [3.63, 3.8) is 0 Å². The summed E-state index contributed by atoms with van der Waals surface area (Å²) in [6.07, 6.45) is 6.12. The summed E-state index contributed by atoms with van der Waals surface area (Å²) >= 11 is 1.75. The van der Waals surface area contributed by atoms with Crippen LogP contribution in [0.4, 0.5) is 5.00 Å². The first-order valence-corrected chi connectivity index (χ1v) is 12.8. The summed E-state index contributed by atoms with van der Waals surface area (Å²) < 4.78 is 11.1. The molecule has 1 saturated heterocycles. The number of carbonyl (C=O) groups is 1. The number of aryl methyl sites for hydroxylation is 1. The molecule has 0 bridgehead atoms. The number of furan rings is 1. The summed E-state index contributed by atoms with van der Waals surface area (Å²) in [6.45, 7) is 7.69. The van der Waals surface area contributed by atoms with E-state index in [1.54, 1.807) is 29.7 Å². The van der Waals surface area contributed by atoms with Crippen LogP contribution in [0, 0.1) is 0 Å². The van der Waals surface area contributed by atoms with Gasteiger partial charge >= 0.3 is 0 Å². The Bertz CT molecular complexity index is 1080. The third-order valence-electron chi connectivity index (χ3n) is 6.79. The van der Waals surface area contributed by atoms with Gasteiger partial charge in [0.2, 0.25) is 0 Å².